The number of aromatic nitrogens is 2. The van der Waals surface area contributed by atoms with Crippen LogP contribution < -0.4 is 5.32 Å². The van der Waals surface area contributed by atoms with Gasteiger partial charge in [0.05, 0.1) is 6.61 Å². The molecule has 0 atom stereocenters. The first kappa shape index (κ1) is 17.0. The number of ether oxygens (including phenoxy) is 1. The Morgan fingerprint density at radius 2 is 1.90 bits per heavy atom. The van der Waals surface area contributed by atoms with Crippen LogP contribution in [0.25, 0.3) is 10.6 Å². The third-order valence-electron chi connectivity index (χ3n) is 2.80. The van der Waals surface area contributed by atoms with E-state index in [0.717, 1.165) is 57.1 Å². The molecule has 0 radical (unpaired) electrons. The van der Waals surface area contributed by atoms with Gasteiger partial charge in [-0.25, -0.2) is 0 Å². The zero-order valence-corrected chi connectivity index (χ0v) is 15.7. The number of rotatable bonds is 8. The van der Waals surface area contributed by atoms with Gasteiger partial charge in [0.1, 0.15) is 10.0 Å². The number of methoxy groups -OCH3 is 1. The average molecular weight is 435 g/mol. The summed E-state index contributed by atoms with van der Waals surface area (Å²) in [7, 11) is 1.71. The minimum Gasteiger partial charge on any atom is -0.383 e. The molecule has 0 spiro atoms. The van der Waals surface area contributed by atoms with Gasteiger partial charge in [-0.3, -0.25) is 0 Å². The Bertz CT molecular complexity index is 557. The summed E-state index contributed by atoms with van der Waals surface area (Å²) in [6.07, 6.45) is 2.01. The van der Waals surface area contributed by atoms with Gasteiger partial charge < -0.3 is 10.1 Å². The molecule has 0 amide bonds. The number of nitrogens with zero attached hydrogens (tertiary/aromatic N) is 2. The predicted molar refractivity (Wildman–Crippen MR) is 93.8 cm³/mol. The van der Waals surface area contributed by atoms with Gasteiger partial charge in [0, 0.05) is 34.6 Å². The van der Waals surface area contributed by atoms with E-state index < -0.39 is 0 Å². The first-order chi connectivity index (χ1) is 10.2. The largest absolute Gasteiger partial charge is 0.383 e. The summed E-state index contributed by atoms with van der Waals surface area (Å²) in [5.74, 6) is 0. The fourth-order valence-electron chi connectivity index (χ4n) is 1.81. The van der Waals surface area contributed by atoms with Crippen LogP contribution in [-0.2, 0) is 11.2 Å². The van der Waals surface area contributed by atoms with Crippen LogP contribution in [0.3, 0.4) is 0 Å². The van der Waals surface area contributed by atoms with Crippen molar-refractivity contribution < 1.29 is 4.74 Å². The molecule has 1 heterocycles. The van der Waals surface area contributed by atoms with E-state index in [9.17, 15) is 0 Å². The van der Waals surface area contributed by atoms with Gasteiger partial charge in [-0.1, -0.05) is 43.2 Å². The zero-order chi connectivity index (χ0) is 15.1. The summed E-state index contributed by atoms with van der Waals surface area (Å²) >= 11 is 8.65. The van der Waals surface area contributed by atoms with Crippen molar-refractivity contribution in [3.8, 4) is 10.6 Å². The lowest BCUT2D eigenvalue weighted by atomic mass is 10.2. The molecule has 2 aromatic rings. The van der Waals surface area contributed by atoms with Crippen molar-refractivity contribution in [1.82, 2.24) is 15.5 Å². The number of benzene rings is 1. The Morgan fingerprint density at radius 1 is 1.14 bits per heavy atom. The summed E-state index contributed by atoms with van der Waals surface area (Å²) in [6.45, 7) is 2.62. The van der Waals surface area contributed by atoms with E-state index in [4.69, 9.17) is 4.74 Å². The van der Waals surface area contributed by atoms with E-state index in [1.54, 1.807) is 18.4 Å². The van der Waals surface area contributed by atoms with Crippen LogP contribution in [0.4, 0.5) is 0 Å². The number of nitrogens with one attached hydrogen (secondary N) is 1. The normalized spacial score (nSPS) is 11.0. The quantitative estimate of drug-likeness (QED) is 0.640. The van der Waals surface area contributed by atoms with Crippen LogP contribution in [-0.4, -0.2) is 37.0 Å². The lowest BCUT2D eigenvalue weighted by Gasteiger charge is -2.01. The predicted octanol–water partition coefficient (Wildman–Crippen LogP) is 3.90. The van der Waals surface area contributed by atoms with E-state index in [1.807, 2.05) is 6.07 Å². The highest BCUT2D eigenvalue weighted by Crippen LogP contribution is 2.29. The lowest BCUT2D eigenvalue weighted by molar-refractivity contribution is 0.199. The molecule has 0 saturated heterocycles. The Labute approximate surface area is 145 Å². The Balaban J connectivity index is 1.86. The van der Waals surface area contributed by atoms with Crippen molar-refractivity contribution in [1.29, 1.82) is 0 Å². The molecule has 0 unspecified atom stereocenters. The third-order valence-corrected chi connectivity index (χ3v) is 4.75. The van der Waals surface area contributed by atoms with Gasteiger partial charge in [0.15, 0.2) is 0 Å². The highest BCUT2D eigenvalue weighted by Gasteiger charge is 2.08. The molecule has 2 rings (SSSR count). The van der Waals surface area contributed by atoms with Crippen LogP contribution in [0.2, 0.25) is 0 Å². The van der Waals surface area contributed by atoms with Crippen LogP contribution in [0.5, 0.6) is 0 Å². The van der Waals surface area contributed by atoms with E-state index >= 15 is 0 Å². The number of hydrogen-bond acceptors (Lipinski definition) is 5. The smallest absolute Gasteiger partial charge is 0.147 e. The number of halogens is 2. The first-order valence-electron chi connectivity index (χ1n) is 6.67. The topological polar surface area (TPSA) is 47.0 Å². The summed E-state index contributed by atoms with van der Waals surface area (Å²) < 4.78 is 7.05. The molecule has 1 aromatic heterocycles. The molecule has 1 N–H and O–H groups in total. The Kier molecular flexibility index (Phi) is 7.25. The van der Waals surface area contributed by atoms with E-state index in [1.165, 1.54) is 0 Å². The molecule has 1 aromatic carbocycles. The molecule has 0 saturated carbocycles. The first-order valence-corrected chi connectivity index (χ1v) is 9.08. The van der Waals surface area contributed by atoms with Crippen LogP contribution in [0.1, 0.15) is 11.4 Å². The summed E-state index contributed by atoms with van der Waals surface area (Å²) in [6, 6.07) is 6.12. The minimum absolute atomic E-state index is 0.751. The van der Waals surface area contributed by atoms with Gasteiger partial charge in [-0.15, -0.1) is 10.2 Å². The molecule has 0 fully saturated rings. The molecule has 7 heteroatoms. The van der Waals surface area contributed by atoms with Gasteiger partial charge in [0.25, 0.3) is 0 Å². The summed E-state index contributed by atoms with van der Waals surface area (Å²) in [5.41, 5.74) is 1.08. The van der Waals surface area contributed by atoms with Crippen molar-refractivity contribution >= 4 is 43.2 Å². The van der Waals surface area contributed by atoms with E-state index in [2.05, 4.69) is 59.5 Å². The third kappa shape index (κ3) is 5.75. The van der Waals surface area contributed by atoms with Crippen molar-refractivity contribution in [2.45, 2.75) is 12.8 Å². The minimum atomic E-state index is 0.751. The van der Waals surface area contributed by atoms with Gasteiger partial charge in [0.2, 0.25) is 0 Å². The maximum atomic E-state index is 4.99. The summed E-state index contributed by atoms with van der Waals surface area (Å²) in [4.78, 5) is 0. The van der Waals surface area contributed by atoms with Crippen molar-refractivity contribution in [3.63, 3.8) is 0 Å². The monoisotopic (exact) mass is 433 g/mol. The van der Waals surface area contributed by atoms with Crippen molar-refractivity contribution in [3.05, 3.63) is 32.2 Å². The Hall–Kier alpha value is -0.340. The highest BCUT2D eigenvalue weighted by molar-refractivity contribution is 9.11. The molecule has 0 aliphatic rings. The highest BCUT2D eigenvalue weighted by atomic mass is 79.9. The van der Waals surface area contributed by atoms with E-state index in [0.29, 0.717) is 0 Å². The number of hydrogen-bond donors (Lipinski definition) is 1. The van der Waals surface area contributed by atoms with Crippen LogP contribution in [0.15, 0.2) is 27.1 Å². The van der Waals surface area contributed by atoms with Gasteiger partial charge in [-0.2, -0.15) is 0 Å². The van der Waals surface area contributed by atoms with Gasteiger partial charge >= 0.3 is 0 Å². The molecule has 0 aliphatic carbocycles. The van der Waals surface area contributed by atoms with Gasteiger partial charge in [-0.05, 0) is 31.2 Å². The van der Waals surface area contributed by atoms with E-state index in [-0.39, 0.29) is 0 Å². The SMILES string of the molecule is COCCNCCCc1nnc(-c2cc(Br)cc(Br)c2)s1. The Morgan fingerprint density at radius 3 is 2.62 bits per heavy atom. The fourth-order valence-corrected chi connectivity index (χ4v) is 3.97. The second kappa shape index (κ2) is 8.95. The molecular weight excluding hydrogens is 418 g/mol. The second-order valence-corrected chi connectivity index (χ2v) is 7.40. The molecular formula is C14H17Br2N3OS. The van der Waals surface area contributed by atoms with Crippen LogP contribution >= 0.6 is 43.2 Å². The molecule has 0 aliphatic heterocycles. The standard InChI is InChI=1S/C14H17Br2N3OS/c1-20-6-5-17-4-2-3-13-18-19-14(21-13)10-7-11(15)9-12(16)8-10/h7-9,17H,2-6H2,1H3. The maximum absolute atomic E-state index is 4.99. The molecule has 114 valence electrons. The lowest BCUT2D eigenvalue weighted by Crippen LogP contribution is -2.20. The molecule has 21 heavy (non-hydrogen) atoms. The molecule has 0 bridgehead atoms. The fraction of sp³-hybridized carbons (Fsp3) is 0.429. The van der Waals surface area contributed by atoms with Crippen LogP contribution in [0, 0.1) is 0 Å². The number of aryl methyl sites for hydroxylation is 1. The van der Waals surface area contributed by atoms with Crippen molar-refractivity contribution in [2.24, 2.45) is 0 Å². The zero-order valence-electron chi connectivity index (χ0n) is 11.7. The summed E-state index contributed by atoms with van der Waals surface area (Å²) in [5, 5.41) is 13.9. The maximum Gasteiger partial charge on any atom is 0.147 e. The second-order valence-electron chi connectivity index (χ2n) is 4.51. The average Bonchev–Trinajstić information content (AvgIpc) is 2.90. The molecule has 4 nitrogen and oxygen atoms in total. The van der Waals surface area contributed by atoms with Crippen molar-refractivity contribution in [2.75, 3.05) is 26.8 Å².